The molecule has 1 aromatic heterocycles. The molecular weight excluding hydrogens is 248 g/mol. The van der Waals surface area contributed by atoms with Crippen LogP contribution in [-0.4, -0.2) is 4.98 Å². The number of rotatable bonds is 3. The van der Waals surface area contributed by atoms with Gasteiger partial charge in [0.05, 0.1) is 10.4 Å². The lowest BCUT2D eigenvalue weighted by Gasteiger charge is -1.99. The molecule has 0 unspecified atom stereocenters. The molecule has 15 heavy (non-hydrogen) atoms. The predicted molar refractivity (Wildman–Crippen MR) is 67.5 cm³/mol. The Morgan fingerprint density at radius 1 is 1.47 bits per heavy atom. The summed E-state index contributed by atoms with van der Waals surface area (Å²) in [4.78, 5) is 4.00. The maximum Gasteiger partial charge on any atom is 0.181 e. The molecule has 2 aromatic rings. The Balaban J connectivity index is 1.99. The van der Waals surface area contributed by atoms with Gasteiger partial charge in [-0.05, 0) is 17.7 Å². The van der Waals surface area contributed by atoms with E-state index in [1.807, 2.05) is 18.2 Å². The fourth-order valence-electron chi connectivity index (χ4n) is 1.12. The average Bonchev–Trinajstić information content (AvgIpc) is 2.62. The molecule has 78 valence electrons. The summed E-state index contributed by atoms with van der Waals surface area (Å²) in [7, 11) is 0. The minimum absolute atomic E-state index is 0.614. The van der Waals surface area contributed by atoms with Crippen molar-refractivity contribution in [3.8, 4) is 0 Å². The van der Waals surface area contributed by atoms with Crippen LogP contribution in [0.5, 0.6) is 0 Å². The zero-order valence-corrected chi connectivity index (χ0v) is 10.2. The van der Waals surface area contributed by atoms with Crippen molar-refractivity contribution in [3.05, 3.63) is 41.0 Å². The number of nitrogens with zero attached hydrogens (tertiary/aromatic N) is 1. The molecule has 0 amide bonds. The van der Waals surface area contributed by atoms with E-state index < -0.39 is 0 Å². The summed E-state index contributed by atoms with van der Waals surface area (Å²) in [6.07, 6.45) is 1.80. The summed E-state index contributed by atoms with van der Waals surface area (Å²) in [5.74, 6) is 0.891. The third kappa shape index (κ3) is 3.12. The molecule has 2 rings (SSSR count). The Morgan fingerprint density at radius 3 is 3.00 bits per heavy atom. The van der Waals surface area contributed by atoms with E-state index in [-0.39, 0.29) is 0 Å². The smallest absolute Gasteiger partial charge is 0.181 e. The quantitative estimate of drug-likeness (QED) is 0.852. The first-order chi connectivity index (χ1) is 7.24. The Bertz CT molecular complexity index is 456. The van der Waals surface area contributed by atoms with Gasteiger partial charge in [-0.3, -0.25) is 0 Å². The van der Waals surface area contributed by atoms with Crippen molar-refractivity contribution in [1.29, 1.82) is 0 Å². The molecule has 2 nitrogen and oxygen atoms in total. The van der Waals surface area contributed by atoms with E-state index in [1.54, 1.807) is 18.0 Å². The van der Waals surface area contributed by atoms with Gasteiger partial charge in [-0.15, -0.1) is 11.8 Å². The van der Waals surface area contributed by atoms with Crippen molar-refractivity contribution >= 4 is 39.8 Å². The van der Waals surface area contributed by atoms with Crippen LogP contribution in [0, 0.1) is 0 Å². The van der Waals surface area contributed by atoms with E-state index in [1.165, 1.54) is 16.9 Å². The van der Waals surface area contributed by atoms with Crippen LogP contribution in [0.2, 0.25) is 5.02 Å². The van der Waals surface area contributed by atoms with Crippen molar-refractivity contribution < 1.29 is 0 Å². The SMILES string of the molecule is Nc1ncc(SCc2cccc(Cl)c2)s1. The van der Waals surface area contributed by atoms with Gasteiger partial charge in [0.15, 0.2) is 5.13 Å². The Labute approximate surface area is 101 Å². The zero-order chi connectivity index (χ0) is 10.7. The number of halogens is 1. The topological polar surface area (TPSA) is 38.9 Å². The van der Waals surface area contributed by atoms with Crippen LogP contribution < -0.4 is 5.73 Å². The van der Waals surface area contributed by atoms with Crippen LogP contribution in [0.1, 0.15) is 5.56 Å². The largest absolute Gasteiger partial charge is 0.375 e. The number of hydrogen-bond donors (Lipinski definition) is 1. The van der Waals surface area contributed by atoms with E-state index in [4.69, 9.17) is 17.3 Å². The highest BCUT2D eigenvalue weighted by Gasteiger charge is 2.00. The molecule has 0 aliphatic carbocycles. The van der Waals surface area contributed by atoms with Gasteiger partial charge in [0.25, 0.3) is 0 Å². The van der Waals surface area contributed by atoms with Crippen LogP contribution in [0.25, 0.3) is 0 Å². The number of aromatic nitrogens is 1. The number of benzene rings is 1. The molecule has 0 fully saturated rings. The molecule has 0 aliphatic heterocycles. The van der Waals surface area contributed by atoms with Crippen molar-refractivity contribution in [3.63, 3.8) is 0 Å². The average molecular weight is 257 g/mol. The molecule has 0 atom stereocenters. The third-order valence-corrected chi connectivity index (χ3v) is 4.10. The summed E-state index contributed by atoms with van der Waals surface area (Å²) in [5, 5.41) is 1.39. The third-order valence-electron chi connectivity index (χ3n) is 1.77. The second kappa shape index (κ2) is 4.88. The minimum atomic E-state index is 0.614. The van der Waals surface area contributed by atoms with Crippen LogP contribution in [0.3, 0.4) is 0 Å². The van der Waals surface area contributed by atoms with E-state index in [9.17, 15) is 0 Å². The molecule has 2 N–H and O–H groups in total. The number of anilines is 1. The second-order valence-corrected chi connectivity index (χ2v) is 5.71. The summed E-state index contributed by atoms with van der Waals surface area (Å²) in [5.41, 5.74) is 6.75. The lowest BCUT2D eigenvalue weighted by atomic mass is 10.2. The summed E-state index contributed by atoms with van der Waals surface area (Å²) >= 11 is 9.12. The summed E-state index contributed by atoms with van der Waals surface area (Å²) in [6, 6.07) is 7.86. The molecule has 0 saturated heterocycles. The van der Waals surface area contributed by atoms with Gasteiger partial charge in [-0.2, -0.15) is 0 Å². The molecule has 0 saturated carbocycles. The zero-order valence-electron chi connectivity index (χ0n) is 7.81. The Morgan fingerprint density at radius 2 is 2.33 bits per heavy atom. The number of thiazole rings is 1. The molecular formula is C10H9ClN2S2. The maximum absolute atomic E-state index is 5.89. The molecule has 0 radical (unpaired) electrons. The molecule has 1 heterocycles. The number of nitrogens with two attached hydrogens (primary N) is 1. The van der Waals surface area contributed by atoms with E-state index in [2.05, 4.69) is 11.1 Å². The molecule has 0 bridgehead atoms. The highest BCUT2D eigenvalue weighted by molar-refractivity contribution is 8.00. The molecule has 0 aliphatic rings. The van der Waals surface area contributed by atoms with Crippen molar-refractivity contribution in [2.24, 2.45) is 0 Å². The number of thioether (sulfide) groups is 1. The van der Waals surface area contributed by atoms with Gasteiger partial charge in [0.1, 0.15) is 0 Å². The standard InChI is InChI=1S/C10H9ClN2S2/c11-8-3-1-2-7(4-8)6-14-9-5-13-10(12)15-9/h1-5H,6H2,(H2,12,13). The van der Waals surface area contributed by atoms with E-state index >= 15 is 0 Å². The van der Waals surface area contributed by atoms with Gasteiger partial charge in [0, 0.05) is 10.8 Å². The fourth-order valence-corrected chi connectivity index (χ4v) is 3.03. The lowest BCUT2D eigenvalue weighted by molar-refractivity contribution is 1.36. The highest BCUT2D eigenvalue weighted by atomic mass is 35.5. The van der Waals surface area contributed by atoms with Crippen molar-refractivity contribution in [1.82, 2.24) is 4.98 Å². The summed E-state index contributed by atoms with van der Waals surface area (Å²) < 4.78 is 1.13. The first kappa shape index (κ1) is 10.8. The van der Waals surface area contributed by atoms with Crippen LogP contribution in [0.15, 0.2) is 34.7 Å². The van der Waals surface area contributed by atoms with Crippen LogP contribution >= 0.6 is 34.7 Å². The number of nitrogen functional groups attached to an aromatic ring is 1. The van der Waals surface area contributed by atoms with E-state index in [0.717, 1.165) is 15.0 Å². The highest BCUT2D eigenvalue weighted by Crippen LogP contribution is 2.29. The van der Waals surface area contributed by atoms with Gasteiger partial charge in [-0.25, -0.2) is 4.98 Å². The van der Waals surface area contributed by atoms with Crippen LogP contribution in [0.4, 0.5) is 5.13 Å². The van der Waals surface area contributed by atoms with E-state index in [0.29, 0.717) is 5.13 Å². The first-order valence-electron chi connectivity index (χ1n) is 4.32. The van der Waals surface area contributed by atoms with Gasteiger partial charge >= 0.3 is 0 Å². The van der Waals surface area contributed by atoms with Gasteiger partial charge in [-0.1, -0.05) is 35.1 Å². The Kier molecular flexibility index (Phi) is 3.51. The lowest BCUT2D eigenvalue weighted by Crippen LogP contribution is -1.78. The fraction of sp³-hybridized carbons (Fsp3) is 0.100. The first-order valence-corrected chi connectivity index (χ1v) is 6.50. The predicted octanol–water partition coefficient (Wildman–Crippen LogP) is 3.67. The second-order valence-electron chi connectivity index (χ2n) is 2.94. The number of hydrogen-bond acceptors (Lipinski definition) is 4. The van der Waals surface area contributed by atoms with Crippen LogP contribution in [-0.2, 0) is 5.75 Å². The minimum Gasteiger partial charge on any atom is -0.375 e. The van der Waals surface area contributed by atoms with Gasteiger partial charge in [0.2, 0.25) is 0 Å². The summed E-state index contributed by atoms with van der Waals surface area (Å²) in [6.45, 7) is 0. The monoisotopic (exact) mass is 256 g/mol. The van der Waals surface area contributed by atoms with Gasteiger partial charge < -0.3 is 5.73 Å². The Hall–Kier alpha value is -0.710. The molecule has 1 aromatic carbocycles. The van der Waals surface area contributed by atoms with Crippen molar-refractivity contribution in [2.75, 3.05) is 5.73 Å². The van der Waals surface area contributed by atoms with Crippen molar-refractivity contribution in [2.45, 2.75) is 9.96 Å². The molecule has 0 spiro atoms. The maximum atomic E-state index is 5.89. The molecule has 5 heteroatoms. The normalized spacial score (nSPS) is 10.5.